The average molecular weight is 358 g/mol. The summed E-state index contributed by atoms with van der Waals surface area (Å²) in [5.74, 6) is 1.50. The maximum atomic E-state index is 12.4. The normalized spacial score (nSPS) is 20.0. The van der Waals surface area contributed by atoms with Crippen LogP contribution in [0.3, 0.4) is 0 Å². The van der Waals surface area contributed by atoms with Crippen LogP contribution in [0.15, 0.2) is 18.5 Å². The van der Waals surface area contributed by atoms with Gasteiger partial charge >= 0.3 is 0 Å². The van der Waals surface area contributed by atoms with Gasteiger partial charge in [0.1, 0.15) is 11.6 Å². The molecule has 0 aromatic carbocycles. The zero-order valence-electron chi connectivity index (χ0n) is 15.5. The summed E-state index contributed by atoms with van der Waals surface area (Å²) in [7, 11) is 1.91. The second kappa shape index (κ2) is 8.27. The molecule has 1 saturated heterocycles. The molecule has 0 spiro atoms. The van der Waals surface area contributed by atoms with Gasteiger partial charge in [0.25, 0.3) is 0 Å². The highest BCUT2D eigenvalue weighted by Crippen LogP contribution is 2.14. The third-order valence-electron chi connectivity index (χ3n) is 4.77. The molecule has 0 radical (unpaired) electrons. The van der Waals surface area contributed by atoms with Crippen LogP contribution < -0.4 is 10.6 Å². The van der Waals surface area contributed by atoms with Gasteiger partial charge in [-0.05, 0) is 38.3 Å². The first-order valence-corrected chi connectivity index (χ1v) is 8.93. The van der Waals surface area contributed by atoms with Gasteiger partial charge in [0.05, 0.1) is 24.9 Å². The van der Waals surface area contributed by atoms with Crippen LogP contribution in [-0.4, -0.2) is 51.0 Å². The van der Waals surface area contributed by atoms with E-state index in [9.17, 15) is 4.79 Å². The molecule has 2 aromatic heterocycles. The first-order valence-electron chi connectivity index (χ1n) is 8.93. The van der Waals surface area contributed by atoms with Crippen LogP contribution in [-0.2, 0) is 23.0 Å². The third kappa shape index (κ3) is 4.57. The Morgan fingerprint density at radius 2 is 2.23 bits per heavy atom. The van der Waals surface area contributed by atoms with Crippen molar-refractivity contribution in [3.8, 4) is 0 Å². The van der Waals surface area contributed by atoms with Crippen molar-refractivity contribution in [2.24, 2.45) is 7.05 Å². The Labute approximate surface area is 153 Å². The summed E-state index contributed by atoms with van der Waals surface area (Å²) in [5.41, 5.74) is 2.21. The Morgan fingerprint density at radius 3 is 2.96 bits per heavy atom. The lowest BCUT2D eigenvalue weighted by molar-refractivity contribution is -0.122. The van der Waals surface area contributed by atoms with Crippen LogP contribution in [0.1, 0.15) is 29.9 Å². The summed E-state index contributed by atoms with van der Waals surface area (Å²) in [6, 6.07) is 1.83. The molecule has 3 rings (SSSR count). The first-order chi connectivity index (χ1) is 12.5. The molecule has 1 amide bonds. The molecule has 8 heteroatoms. The number of carbonyl (C=O) groups is 1. The molecular weight excluding hydrogens is 332 g/mol. The monoisotopic (exact) mass is 358 g/mol. The van der Waals surface area contributed by atoms with Crippen LogP contribution >= 0.6 is 0 Å². The second-order valence-corrected chi connectivity index (χ2v) is 6.66. The van der Waals surface area contributed by atoms with E-state index in [-0.39, 0.29) is 18.0 Å². The van der Waals surface area contributed by atoms with Crippen LogP contribution in [0.4, 0.5) is 5.82 Å². The predicted molar refractivity (Wildman–Crippen MR) is 97.8 cm³/mol. The van der Waals surface area contributed by atoms with Gasteiger partial charge in [0, 0.05) is 32.0 Å². The van der Waals surface area contributed by atoms with Crippen molar-refractivity contribution in [2.45, 2.75) is 45.2 Å². The summed E-state index contributed by atoms with van der Waals surface area (Å²) in [6.07, 6.45) is 5.47. The van der Waals surface area contributed by atoms with Gasteiger partial charge in [-0.15, -0.1) is 0 Å². The first kappa shape index (κ1) is 18.3. The number of aryl methyl sites for hydroxylation is 3. The maximum Gasteiger partial charge on any atom is 0.220 e. The maximum absolute atomic E-state index is 12.4. The molecule has 140 valence electrons. The number of amides is 1. The van der Waals surface area contributed by atoms with Crippen molar-refractivity contribution in [2.75, 3.05) is 18.5 Å². The van der Waals surface area contributed by atoms with E-state index in [4.69, 9.17) is 4.74 Å². The van der Waals surface area contributed by atoms with E-state index in [1.165, 1.54) is 0 Å². The molecule has 2 N–H and O–H groups in total. The zero-order chi connectivity index (χ0) is 18.5. The molecular formula is C18H26N6O2. The molecule has 0 bridgehead atoms. The summed E-state index contributed by atoms with van der Waals surface area (Å²) >= 11 is 0. The number of hydrogen-bond acceptors (Lipinski definition) is 6. The van der Waals surface area contributed by atoms with Gasteiger partial charge in [-0.1, -0.05) is 0 Å². The number of nitrogens with one attached hydrogen (secondary N) is 2. The molecule has 3 heterocycles. The zero-order valence-corrected chi connectivity index (χ0v) is 15.5. The van der Waals surface area contributed by atoms with Crippen LogP contribution in [0.2, 0.25) is 0 Å². The SMILES string of the molecule is Cc1nccc(N[C@@H]2COCC[C@@H]2NC(=O)CCc2cnn(C)c2C)n1. The standard InChI is InChI=1S/C18H26N6O2/c1-12-14(10-20-24(12)3)4-5-18(25)23-15-7-9-26-11-16(15)22-17-6-8-19-13(2)21-17/h6,8,10,15-16H,4-5,7,9,11H2,1-3H3,(H,23,25)(H,19,21,22)/t15-,16+/m0/s1. The highest BCUT2D eigenvalue weighted by atomic mass is 16.5. The number of anilines is 1. The fourth-order valence-corrected chi connectivity index (χ4v) is 3.10. The van der Waals surface area contributed by atoms with Crippen molar-refractivity contribution in [3.05, 3.63) is 35.5 Å². The fourth-order valence-electron chi connectivity index (χ4n) is 3.10. The summed E-state index contributed by atoms with van der Waals surface area (Å²) in [5, 5.41) is 10.7. The molecule has 26 heavy (non-hydrogen) atoms. The molecule has 0 saturated carbocycles. The van der Waals surface area contributed by atoms with Crippen molar-refractivity contribution in [1.82, 2.24) is 25.1 Å². The largest absolute Gasteiger partial charge is 0.379 e. The molecule has 0 aliphatic carbocycles. The highest BCUT2D eigenvalue weighted by Gasteiger charge is 2.27. The Hall–Kier alpha value is -2.48. The Morgan fingerprint density at radius 1 is 1.38 bits per heavy atom. The van der Waals surface area contributed by atoms with Crippen molar-refractivity contribution in [1.29, 1.82) is 0 Å². The van der Waals surface area contributed by atoms with Gasteiger partial charge in [-0.3, -0.25) is 9.48 Å². The van der Waals surface area contributed by atoms with Gasteiger partial charge in [-0.25, -0.2) is 9.97 Å². The molecule has 1 aliphatic heterocycles. The lowest BCUT2D eigenvalue weighted by Gasteiger charge is -2.33. The molecule has 1 fully saturated rings. The van der Waals surface area contributed by atoms with Gasteiger partial charge < -0.3 is 15.4 Å². The van der Waals surface area contributed by atoms with E-state index in [0.717, 1.165) is 23.5 Å². The molecule has 1 aliphatic rings. The summed E-state index contributed by atoms with van der Waals surface area (Å²) in [6.45, 7) is 5.05. The minimum atomic E-state index is -0.0119. The number of carbonyl (C=O) groups excluding carboxylic acids is 1. The number of hydrogen-bond donors (Lipinski definition) is 2. The number of aromatic nitrogens is 4. The van der Waals surface area contributed by atoms with Crippen LogP contribution in [0.5, 0.6) is 0 Å². The van der Waals surface area contributed by atoms with E-state index < -0.39 is 0 Å². The number of rotatable bonds is 6. The number of nitrogens with zero attached hydrogens (tertiary/aromatic N) is 4. The minimum absolute atomic E-state index is 0.0119. The molecule has 2 aromatic rings. The molecule has 0 unspecified atom stereocenters. The molecule has 2 atom stereocenters. The fraction of sp³-hybridized carbons (Fsp3) is 0.556. The van der Waals surface area contributed by atoms with Crippen LogP contribution in [0.25, 0.3) is 0 Å². The van der Waals surface area contributed by atoms with E-state index in [1.54, 1.807) is 6.20 Å². The highest BCUT2D eigenvalue weighted by molar-refractivity contribution is 5.76. The Kier molecular flexibility index (Phi) is 5.82. The van der Waals surface area contributed by atoms with E-state index >= 15 is 0 Å². The average Bonchev–Trinajstić information content (AvgIpc) is 2.94. The van der Waals surface area contributed by atoms with Crippen LogP contribution in [0, 0.1) is 13.8 Å². The second-order valence-electron chi connectivity index (χ2n) is 6.66. The quantitative estimate of drug-likeness (QED) is 0.804. The third-order valence-corrected chi connectivity index (χ3v) is 4.77. The lowest BCUT2D eigenvalue weighted by Crippen LogP contribution is -2.52. The van der Waals surface area contributed by atoms with Gasteiger partial charge in [0.15, 0.2) is 0 Å². The topological polar surface area (TPSA) is 94.0 Å². The van der Waals surface area contributed by atoms with Crippen molar-refractivity contribution < 1.29 is 9.53 Å². The minimum Gasteiger partial charge on any atom is -0.379 e. The van der Waals surface area contributed by atoms with E-state index in [0.29, 0.717) is 31.9 Å². The molecule has 8 nitrogen and oxygen atoms in total. The Balaban J connectivity index is 1.55. The van der Waals surface area contributed by atoms with E-state index in [2.05, 4.69) is 25.7 Å². The van der Waals surface area contributed by atoms with E-state index in [1.807, 2.05) is 37.8 Å². The summed E-state index contributed by atoms with van der Waals surface area (Å²) < 4.78 is 7.40. The summed E-state index contributed by atoms with van der Waals surface area (Å²) in [4.78, 5) is 20.9. The van der Waals surface area contributed by atoms with Gasteiger partial charge in [0.2, 0.25) is 5.91 Å². The lowest BCUT2D eigenvalue weighted by atomic mass is 10.0. The number of ether oxygens (including phenoxy) is 1. The van der Waals surface area contributed by atoms with Crippen molar-refractivity contribution >= 4 is 11.7 Å². The Bertz CT molecular complexity index is 760. The van der Waals surface area contributed by atoms with Crippen molar-refractivity contribution in [3.63, 3.8) is 0 Å². The smallest absolute Gasteiger partial charge is 0.220 e. The predicted octanol–water partition coefficient (Wildman–Crippen LogP) is 1.15. The van der Waals surface area contributed by atoms with Gasteiger partial charge in [-0.2, -0.15) is 5.10 Å².